The summed E-state index contributed by atoms with van der Waals surface area (Å²) in [7, 11) is 3.21. The van der Waals surface area contributed by atoms with Crippen molar-refractivity contribution in [3.8, 4) is 22.6 Å². The van der Waals surface area contributed by atoms with Crippen LogP contribution in [-0.2, 0) is 0 Å². The van der Waals surface area contributed by atoms with E-state index in [2.05, 4.69) is 4.37 Å². The van der Waals surface area contributed by atoms with Gasteiger partial charge < -0.3 is 9.47 Å². The lowest BCUT2D eigenvalue weighted by Crippen LogP contribution is -1.97. The summed E-state index contributed by atoms with van der Waals surface area (Å²) < 4.78 is 14.4. The minimum Gasteiger partial charge on any atom is -0.493 e. The molecule has 0 radical (unpaired) electrons. The second kappa shape index (κ2) is 5.02. The minimum absolute atomic E-state index is 0.0614. The molecule has 5 heteroatoms. The first-order valence-corrected chi connectivity index (χ1v) is 6.89. The van der Waals surface area contributed by atoms with Crippen molar-refractivity contribution in [2.24, 2.45) is 0 Å². The van der Waals surface area contributed by atoms with Gasteiger partial charge in [-0.05, 0) is 23.8 Å². The van der Waals surface area contributed by atoms with E-state index in [0.29, 0.717) is 16.9 Å². The Kier molecular flexibility index (Phi) is 3.20. The number of hydrogen-bond donors (Lipinski definition) is 1. The van der Waals surface area contributed by atoms with Gasteiger partial charge in [-0.15, -0.1) is 0 Å². The van der Waals surface area contributed by atoms with E-state index in [1.807, 2.05) is 36.4 Å². The molecule has 3 rings (SSSR count). The molecule has 0 spiro atoms. The molecule has 0 saturated carbocycles. The van der Waals surface area contributed by atoms with Gasteiger partial charge >= 0.3 is 0 Å². The van der Waals surface area contributed by atoms with Crippen molar-refractivity contribution in [3.63, 3.8) is 0 Å². The average Bonchev–Trinajstić information content (AvgIpc) is 2.87. The molecule has 0 saturated heterocycles. The number of ether oxygens (including phenoxy) is 2. The van der Waals surface area contributed by atoms with Crippen molar-refractivity contribution in [2.75, 3.05) is 14.2 Å². The van der Waals surface area contributed by atoms with Crippen LogP contribution in [0, 0.1) is 0 Å². The largest absolute Gasteiger partial charge is 0.493 e. The van der Waals surface area contributed by atoms with E-state index in [9.17, 15) is 4.79 Å². The van der Waals surface area contributed by atoms with Crippen LogP contribution >= 0.6 is 11.5 Å². The molecule has 2 aromatic carbocycles. The van der Waals surface area contributed by atoms with Gasteiger partial charge in [-0.1, -0.05) is 29.7 Å². The molecule has 1 heterocycles. The van der Waals surface area contributed by atoms with Crippen LogP contribution in [0.3, 0.4) is 0 Å². The van der Waals surface area contributed by atoms with Crippen LogP contribution < -0.4 is 15.0 Å². The van der Waals surface area contributed by atoms with Crippen LogP contribution in [0.1, 0.15) is 0 Å². The second-order valence-corrected chi connectivity index (χ2v) is 5.13. The summed E-state index contributed by atoms with van der Waals surface area (Å²) in [5.74, 6) is 1.34. The van der Waals surface area contributed by atoms with Crippen molar-refractivity contribution < 1.29 is 9.47 Å². The van der Waals surface area contributed by atoms with Crippen LogP contribution in [0.5, 0.6) is 11.5 Å². The molecule has 4 nitrogen and oxygen atoms in total. The maximum atomic E-state index is 11.7. The van der Waals surface area contributed by atoms with E-state index in [4.69, 9.17) is 9.47 Å². The lowest BCUT2D eigenvalue weighted by Gasteiger charge is -2.12. The first-order valence-electron chi connectivity index (χ1n) is 6.07. The summed E-state index contributed by atoms with van der Waals surface area (Å²) in [6, 6.07) is 11.5. The maximum absolute atomic E-state index is 11.7. The fourth-order valence-corrected chi connectivity index (χ4v) is 2.94. The third-order valence-corrected chi connectivity index (χ3v) is 4.06. The van der Waals surface area contributed by atoms with Crippen molar-refractivity contribution in [3.05, 3.63) is 46.8 Å². The third kappa shape index (κ3) is 1.96. The predicted molar refractivity (Wildman–Crippen MR) is 81.0 cm³/mol. The predicted octanol–water partition coefficient (Wildman–Crippen LogP) is 3.27. The van der Waals surface area contributed by atoms with Gasteiger partial charge in [0, 0.05) is 5.56 Å². The topological polar surface area (TPSA) is 51.3 Å². The Morgan fingerprint density at radius 1 is 1.10 bits per heavy atom. The SMILES string of the molecule is COc1cccc(-c2ccc3s[nH]c(=O)c3c2)c1OC. The molecule has 0 atom stereocenters. The molecule has 20 heavy (non-hydrogen) atoms. The second-order valence-electron chi connectivity index (χ2n) is 4.29. The van der Waals surface area contributed by atoms with Gasteiger partial charge in [0.2, 0.25) is 0 Å². The van der Waals surface area contributed by atoms with Crippen LogP contribution in [-0.4, -0.2) is 18.6 Å². The maximum Gasteiger partial charge on any atom is 0.265 e. The van der Waals surface area contributed by atoms with Crippen LogP contribution in [0.4, 0.5) is 0 Å². The third-order valence-electron chi connectivity index (χ3n) is 3.19. The van der Waals surface area contributed by atoms with Gasteiger partial charge in [0.15, 0.2) is 11.5 Å². The number of fused-ring (bicyclic) bond motifs is 1. The number of methoxy groups -OCH3 is 2. The molecule has 0 aliphatic carbocycles. The molecular formula is C15H13NO3S. The smallest absolute Gasteiger partial charge is 0.265 e. The molecule has 0 unspecified atom stereocenters. The van der Waals surface area contributed by atoms with Gasteiger partial charge in [0.1, 0.15) is 0 Å². The highest BCUT2D eigenvalue weighted by molar-refractivity contribution is 7.13. The molecule has 0 aliphatic heterocycles. The zero-order valence-corrected chi connectivity index (χ0v) is 11.9. The van der Waals surface area contributed by atoms with E-state index in [-0.39, 0.29) is 5.56 Å². The fourth-order valence-electron chi connectivity index (χ4n) is 2.23. The first kappa shape index (κ1) is 12.7. The van der Waals surface area contributed by atoms with Gasteiger partial charge in [-0.25, -0.2) is 0 Å². The number of nitrogens with one attached hydrogen (secondary N) is 1. The normalized spacial score (nSPS) is 10.7. The average molecular weight is 287 g/mol. The first-order chi connectivity index (χ1) is 9.74. The zero-order valence-electron chi connectivity index (χ0n) is 11.1. The molecule has 1 aromatic heterocycles. The quantitative estimate of drug-likeness (QED) is 0.804. The van der Waals surface area contributed by atoms with Crippen molar-refractivity contribution in [1.82, 2.24) is 4.37 Å². The Morgan fingerprint density at radius 2 is 1.95 bits per heavy atom. The highest BCUT2D eigenvalue weighted by Crippen LogP contribution is 2.38. The number of H-pyrrole nitrogens is 1. The summed E-state index contributed by atoms with van der Waals surface area (Å²) in [4.78, 5) is 11.7. The minimum atomic E-state index is -0.0614. The van der Waals surface area contributed by atoms with Crippen molar-refractivity contribution in [2.45, 2.75) is 0 Å². The molecule has 1 N–H and O–H groups in total. The van der Waals surface area contributed by atoms with Crippen molar-refractivity contribution >= 4 is 21.6 Å². The van der Waals surface area contributed by atoms with E-state index >= 15 is 0 Å². The molecular weight excluding hydrogens is 274 g/mol. The van der Waals surface area contributed by atoms with Crippen molar-refractivity contribution in [1.29, 1.82) is 0 Å². The van der Waals surface area contributed by atoms with E-state index in [1.165, 1.54) is 11.5 Å². The summed E-state index contributed by atoms with van der Waals surface area (Å²) >= 11 is 1.34. The number of para-hydroxylation sites is 1. The van der Waals surface area contributed by atoms with E-state index < -0.39 is 0 Å². The lowest BCUT2D eigenvalue weighted by atomic mass is 10.0. The summed E-state index contributed by atoms with van der Waals surface area (Å²) in [6.07, 6.45) is 0. The monoisotopic (exact) mass is 287 g/mol. The standard InChI is InChI=1S/C15H13NO3S/c1-18-12-5-3-4-10(14(12)19-2)9-6-7-13-11(8-9)15(17)16-20-13/h3-8H,1-2H3,(H,16,17). The lowest BCUT2D eigenvalue weighted by molar-refractivity contribution is 0.356. The van der Waals surface area contributed by atoms with E-state index in [0.717, 1.165) is 15.8 Å². The van der Waals surface area contributed by atoms with E-state index in [1.54, 1.807) is 14.2 Å². The fraction of sp³-hybridized carbons (Fsp3) is 0.133. The molecule has 0 amide bonds. The van der Waals surface area contributed by atoms with Gasteiger partial charge in [0.05, 0.1) is 24.3 Å². The number of aromatic amines is 1. The number of benzene rings is 2. The molecule has 102 valence electrons. The molecule has 3 aromatic rings. The van der Waals surface area contributed by atoms with Gasteiger partial charge in [0.25, 0.3) is 5.56 Å². The van der Waals surface area contributed by atoms with Crippen LogP contribution in [0.25, 0.3) is 21.2 Å². The Hall–Kier alpha value is -2.27. The van der Waals surface area contributed by atoms with Gasteiger partial charge in [-0.3, -0.25) is 9.17 Å². The molecule has 0 aliphatic rings. The highest BCUT2D eigenvalue weighted by Gasteiger charge is 2.12. The summed E-state index contributed by atoms with van der Waals surface area (Å²) in [5.41, 5.74) is 1.77. The number of aromatic nitrogens is 1. The number of hydrogen-bond acceptors (Lipinski definition) is 4. The summed E-state index contributed by atoms with van der Waals surface area (Å²) in [6.45, 7) is 0. The highest BCUT2D eigenvalue weighted by atomic mass is 32.1. The van der Waals surface area contributed by atoms with Crippen LogP contribution in [0.2, 0.25) is 0 Å². The van der Waals surface area contributed by atoms with Gasteiger partial charge in [-0.2, -0.15) is 0 Å². The summed E-state index contributed by atoms with van der Waals surface area (Å²) in [5, 5.41) is 0.692. The Morgan fingerprint density at radius 3 is 2.70 bits per heavy atom. The Balaban J connectivity index is 2.24. The zero-order chi connectivity index (χ0) is 14.1. The number of rotatable bonds is 3. The Bertz CT molecular complexity index is 819. The molecule has 0 fully saturated rings. The van der Waals surface area contributed by atoms with Crippen LogP contribution in [0.15, 0.2) is 41.2 Å². The Labute approximate surface area is 119 Å². The molecule has 0 bridgehead atoms.